The zero-order valence-corrected chi connectivity index (χ0v) is 9.35. The van der Waals surface area contributed by atoms with Crippen LogP contribution in [0.15, 0.2) is 30.5 Å². The molecule has 1 aromatic carbocycles. The SMILES string of the molecule is N#Cc1ccnnc1Oc1ccc(N)c(Cl)c1. The fourth-order valence-electron chi connectivity index (χ4n) is 1.16. The van der Waals surface area contributed by atoms with E-state index in [4.69, 9.17) is 27.3 Å². The smallest absolute Gasteiger partial charge is 0.256 e. The summed E-state index contributed by atoms with van der Waals surface area (Å²) in [4.78, 5) is 0. The van der Waals surface area contributed by atoms with Crippen LogP contribution in [0.3, 0.4) is 0 Å². The second-order valence-corrected chi connectivity index (χ2v) is 3.55. The molecule has 0 aliphatic rings. The Bertz CT molecular complexity index is 594. The van der Waals surface area contributed by atoms with Crippen LogP contribution in [0.5, 0.6) is 11.6 Å². The molecule has 0 saturated heterocycles. The van der Waals surface area contributed by atoms with Crippen molar-refractivity contribution in [3.8, 4) is 17.7 Å². The number of nitrogens with zero attached hydrogens (tertiary/aromatic N) is 3. The van der Waals surface area contributed by atoms with Crippen molar-refractivity contribution < 1.29 is 4.74 Å². The predicted octanol–water partition coefficient (Wildman–Crippen LogP) is 2.38. The van der Waals surface area contributed by atoms with Gasteiger partial charge in [-0.25, -0.2) is 0 Å². The molecule has 1 heterocycles. The molecule has 0 atom stereocenters. The number of halogens is 1. The van der Waals surface area contributed by atoms with Gasteiger partial charge in [-0.1, -0.05) is 11.6 Å². The van der Waals surface area contributed by atoms with Gasteiger partial charge in [0.2, 0.25) is 0 Å². The molecule has 0 aliphatic heterocycles. The predicted molar refractivity (Wildman–Crippen MR) is 62.7 cm³/mol. The monoisotopic (exact) mass is 246 g/mol. The highest BCUT2D eigenvalue weighted by Gasteiger charge is 2.07. The number of benzene rings is 1. The zero-order valence-electron chi connectivity index (χ0n) is 8.59. The number of anilines is 1. The lowest BCUT2D eigenvalue weighted by molar-refractivity contribution is 0.453. The molecule has 0 saturated carbocycles. The number of ether oxygens (including phenoxy) is 1. The Morgan fingerprint density at radius 2 is 2.18 bits per heavy atom. The summed E-state index contributed by atoms with van der Waals surface area (Å²) < 4.78 is 5.40. The van der Waals surface area contributed by atoms with Crippen molar-refractivity contribution in [3.63, 3.8) is 0 Å². The summed E-state index contributed by atoms with van der Waals surface area (Å²) in [6, 6.07) is 8.27. The Morgan fingerprint density at radius 3 is 2.88 bits per heavy atom. The molecule has 0 radical (unpaired) electrons. The Kier molecular flexibility index (Phi) is 3.08. The zero-order chi connectivity index (χ0) is 12.3. The molecule has 0 amide bonds. The van der Waals surface area contributed by atoms with Crippen LogP contribution in [0.2, 0.25) is 5.02 Å². The van der Waals surface area contributed by atoms with E-state index >= 15 is 0 Å². The van der Waals surface area contributed by atoms with E-state index in [1.165, 1.54) is 12.3 Å². The molecule has 0 fully saturated rings. The van der Waals surface area contributed by atoms with E-state index in [0.29, 0.717) is 22.0 Å². The minimum atomic E-state index is 0.135. The van der Waals surface area contributed by atoms with Crippen LogP contribution in [0.4, 0.5) is 5.69 Å². The maximum absolute atomic E-state index is 8.85. The van der Waals surface area contributed by atoms with Gasteiger partial charge < -0.3 is 10.5 Å². The lowest BCUT2D eigenvalue weighted by Gasteiger charge is -2.06. The topological polar surface area (TPSA) is 84.8 Å². The van der Waals surface area contributed by atoms with Gasteiger partial charge in [0.1, 0.15) is 17.4 Å². The second-order valence-electron chi connectivity index (χ2n) is 3.15. The maximum Gasteiger partial charge on any atom is 0.256 e. The van der Waals surface area contributed by atoms with Crippen LogP contribution in [0, 0.1) is 11.3 Å². The molecular formula is C11H7ClN4O. The summed E-state index contributed by atoms with van der Waals surface area (Å²) in [6.45, 7) is 0. The molecule has 84 valence electrons. The first-order valence-electron chi connectivity index (χ1n) is 4.65. The average molecular weight is 247 g/mol. The Morgan fingerprint density at radius 1 is 1.35 bits per heavy atom. The molecular weight excluding hydrogens is 240 g/mol. The molecule has 1 aromatic heterocycles. The number of nitrogen functional groups attached to an aromatic ring is 1. The number of aromatic nitrogens is 2. The molecule has 5 nitrogen and oxygen atoms in total. The van der Waals surface area contributed by atoms with Gasteiger partial charge in [0, 0.05) is 6.07 Å². The highest BCUT2D eigenvalue weighted by atomic mass is 35.5. The highest BCUT2D eigenvalue weighted by molar-refractivity contribution is 6.33. The van der Waals surface area contributed by atoms with E-state index in [2.05, 4.69) is 10.2 Å². The van der Waals surface area contributed by atoms with Crippen LogP contribution >= 0.6 is 11.6 Å². The van der Waals surface area contributed by atoms with Gasteiger partial charge >= 0.3 is 0 Å². The van der Waals surface area contributed by atoms with Gasteiger partial charge in [0.25, 0.3) is 5.88 Å². The minimum absolute atomic E-state index is 0.135. The molecule has 6 heteroatoms. The van der Waals surface area contributed by atoms with Crippen LogP contribution in [0.1, 0.15) is 5.56 Å². The van der Waals surface area contributed by atoms with Crippen molar-refractivity contribution in [2.24, 2.45) is 0 Å². The van der Waals surface area contributed by atoms with E-state index in [0.717, 1.165) is 0 Å². The van der Waals surface area contributed by atoms with Gasteiger partial charge in [-0.3, -0.25) is 0 Å². The van der Waals surface area contributed by atoms with E-state index in [9.17, 15) is 0 Å². The first-order valence-corrected chi connectivity index (χ1v) is 5.03. The van der Waals surface area contributed by atoms with Crippen molar-refractivity contribution in [1.29, 1.82) is 5.26 Å². The Balaban J connectivity index is 2.32. The van der Waals surface area contributed by atoms with Gasteiger partial charge in [0.05, 0.1) is 16.9 Å². The van der Waals surface area contributed by atoms with Crippen molar-refractivity contribution in [3.05, 3.63) is 41.0 Å². The van der Waals surface area contributed by atoms with Crippen LogP contribution in [-0.2, 0) is 0 Å². The second kappa shape index (κ2) is 4.68. The minimum Gasteiger partial charge on any atom is -0.437 e. The van der Waals surface area contributed by atoms with Crippen molar-refractivity contribution in [1.82, 2.24) is 10.2 Å². The van der Waals surface area contributed by atoms with E-state index in [1.807, 2.05) is 6.07 Å². The highest BCUT2D eigenvalue weighted by Crippen LogP contribution is 2.27. The Labute approximate surface area is 102 Å². The van der Waals surface area contributed by atoms with E-state index in [-0.39, 0.29) is 5.88 Å². The van der Waals surface area contributed by atoms with Gasteiger partial charge in [-0.05, 0) is 18.2 Å². The van der Waals surface area contributed by atoms with Gasteiger partial charge in [-0.15, -0.1) is 5.10 Å². The fraction of sp³-hybridized carbons (Fsp3) is 0. The van der Waals surface area contributed by atoms with Crippen molar-refractivity contribution >= 4 is 17.3 Å². The fourth-order valence-corrected chi connectivity index (χ4v) is 1.33. The number of nitrogens with two attached hydrogens (primary N) is 1. The summed E-state index contributed by atoms with van der Waals surface area (Å²) in [7, 11) is 0. The molecule has 2 N–H and O–H groups in total. The van der Waals surface area contributed by atoms with Crippen molar-refractivity contribution in [2.45, 2.75) is 0 Å². The molecule has 17 heavy (non-hydrogen) atoms. The summed E-state index contributed by atoms with van der Waals surface area (Å²) in [5.41, 5.74) is 6.33. The average Bonchev–Trinajstić information content (AvgIpc) is 2.34. The standard InChI is InChI=1S/C11H7ClN4O/c12-9-5-8(1-2-10(9)14)17-11-7(6-13)3-4-15-16-11/h1-5H,14H2. The normalized spacial score (nSPS) is 9.65. The lowest BCUT2D eigenvalue weighted by atomic mass is 10.3. The Hall–Kier alpha value is -2.32. The molecule has 0 aliphatic carbocycles. The maximum atomic E-state index is 8.85. The molecule has 0 bridgehead atoms. The van der Waals surface area contributed by atoms with Crippen LogP contribution < -0.4 is 10.5 Å². The largest absolute Gasteiger partial charge is 0.437 e. The molecule has 0 unspecified atom stereocenters. The van der Waals surface area contributed by atoms with Gasteiger partial charge in [0.15, 0.2) is 0 Å². The third kappa shape index (κ3) is 2.44. The number of rotatable bonds is 2. The third-order valence-electron chi connectivity index (χ3n) is 1.99. The molecule has 2 rings (SSSR count). The third-order valence-corrected chi connectivity index (χ3v) is 2.32. The van der Waals surface area contributed by atoms with Crippen LogP contribution in [0.25, 0.3) is 0 Å². The molecule has 0 spiro atoms. The quantitative estimate of drug-likeness (QED) is 0.823. The van der Waals surface area contributed by atoms with Crippen molar-refractivity contribution in [2.75, 3.05) is 5.73 Å². The van der Waals surface area contributed by atoms with Crippen LogP contribution in [-0.4, -0.2) is 10.2 Å². The van der Waals surface area contributed by atoms with E-state index < -0.39 is 0 Å². The van der Waals surface area contributed by atoms with E-state index in [1.54, 1.807) is 18.2 Å². The van der Waals surface area contributed by atoms with Gasteiger partial charge in [-0.2, -0.15) is 10.4 Å². The summed E-state index contributed by atoms with van der Waals surface area (Å²) >= 11 is 5.85. The summed E-state index contributed by atoms with van der Waals surface area (Å²) in [5.74, 6) is 0.581. The number of hydrogen-bond acceptors (Lipinski definition) is 5. The summed E-state index contributed by atoms with van der Waals surface area (Å²) in [6.07, 6.45) is 1.42. The summed E-state index contributed by atoms with van der Waals surface area (Å²) in [5, 5.41) is 16.6. The number of hydrogen-bond donors (Lipinski definition) is 1. The first-order chi connectivity index (χ1) is 8.20. The number of nitriles is 1. The first kappa shape index (κ1) is 11.2. The lowest BCUT2D eigenvalue weighted by Crippen LogP contribution is -1.94. The molecule has 2 aromatic rings.